The van der Waals surface area contributed by atoms with Gasteiger partial charge in [-0.3, -0.25) is 4.68 Å². The number of methoxy groups -OCH3 is 1. The first-order valence-corrected chi connectivity index (χ1v) is 8.47. The molecule has 0 aliphatic rings. The molecule has 0 aliphatic carbocycles. The molecule has 4 nitrogen and oxygen atoms in total. The number of ether oxygens (including phenoxy) is 1. The summed E-state index contributed by atoms with van der Waals surface area (Å²) < 4.78 is 6.47. The first-order valence-electron chi connectivity index (χ1n) is 7.34. The van der Waals surface area contributed by atoms with Gasteiger partial charge in [-0.2, -0.15) is 5.10 Å². The number of rotatable bonds is 4. The largest absolute Gasteiger partial charge is 0.464 e. The Morgan fingerprint density at radius 2 is 1.72 bits per heavy atom. The van der Waals surface area contributed by atoms with Crippen molar-refractivity contribution in [3.05, 3.63) is 74.9 Å². The minimum atomic E-state index is -0.504. The number of esters is 1. The second-order valence-corrected chi connectivity index (χ2v) is 6.59. The Hall–Kier alpha value is -2.01. The topological polar surface area (TPSA) is 44.1 Å². The van der Waals surface area contributed by atoms with Crippen molar-refractivity contribution >= 4 is 40.8 Å². The third-order valence-corrected chi connectivity index (χ3v) is 4.49. The number of aromatic nitrogens is 2. The molecule has 1 heterocycles. The molecule has 0 amide bonds. The lowest BCUT2D eigenvalue weighted by atomic mass is 10.1. The highest BCUT2D eigenvalue weighted by molar-refractivity contribution is 6.35. The van der Waals surface area contributed by atoms with Gasteiger partial charge in [0.2, 0.25) is 0 Å². The second-order valence-electron chi connectivity index (χ2n) is 5.31. The summed E-state index contributed by atoms with van der Waals surface area (Å²) in [5.41, 5.74) is 2.68. The Morgan fingerprint density at radius 1 is 1.04 bits per heavy atom. The Kier molecular flexibility index (Phi) is 5.33. The predicted molar refractivity (Wildman–Crippen MR) is 99.6 cm³/mol. The van der Waals surface area contributed by atoms with Crippen molar-refractivity contribution in [3.63, 3.8) is 0 Å². The Bertz CT molecular complexity index is 921. The van der Waals surface area contributed by atoms with Gasteiger partial charge in [0.25, 0.3) is 0 Å². The van der Waals surface area contributed by atoms with E-state index in [0.717, 1.165) is 16.8 Å². The first kappa shape index (κ1) is 17.8. The lowest BCUT2D eigenvalue weighted by Crippen LogP contribution is -2.07. The van der Waals surface area contributed by atoms with Gasteiger partial charge < -0.3 is 4.74 Å². The molecule has 128 valence electrons. The summed E-state index contributed by atoms with van der Waals surface area (Å²) in [4.78, 5) is 11.9. The molecule has 3 rings (SSSR count). The van der Waals surface area contributed by atoms with Crippen molar-refractivity contribution in [2.75, 3.05) is 7.11 Å². The number of benzene rings is 2. The Balaban J connectivity index is 2.05. The van der Waals surface area contributed by atoms with Crippen LogP contribution in [-0.4, -0.2) is 22.9 Å². The molecular formula is C18H13Cl3N2O2. The van der Waals surface area contributed by atoms with Crippen molar-refractivity contribution in [1.82, 2.24) is 9.78 Å². The lowest BCUT2D eigenvalue weighted by molar-refractivity contribution is 0.0593. The van der Waals surface area contributed by atoms with Crippen molar-refractivity contribution in [3.8, 4) is 11.3 Å². The van der Waals surface area contributed by atoms with E-state index in [1.165, 1.54) is 7.11 Å². The quantitative estimate of drug-likeness (QED) is 0.560. The highest BCUT2D eigenvalue weighted by Crippen LogP contribution is 2.26. The molecule has 1 aromatic heterocycles. The molecule has 0 fully saturated rings. The van der Waals surface area contributed by atoms with Gasteiger partial charge in [-0.1, -0.05) is 53.0 Å². The molecule has 0 spiro atoms. The van der Waals surface area contributed by atoms with Gasteiger partial charge in [-0.15, -0.1) is 0 Å². The lowest BCUT2D eigenvalue weighted by Gasteiger charge is -2.09. The first-order chi connectivity index (χ1) is 12.0. The fourth-order valence-electron chi connectivity index (χ4n) is 2.41. The smallest absolute Gasteiger partial charge is 0.358 e. The van der Waals surface area contributed by atoms with Crippen molar-refractivity contribution in [2.24, 2.45) is 0 Å². The highest BCUT2D eigenvalue weighted by atomic mass is 35.5. The molecular weight excluding hydrogens is 383 g/mol. The molecule has 0 saturated carbocycles. The molecule has 25 heavy (non-hydrogen) atoms. The number of hydrogen-bond acceptors (Lipinski definition) is 3. The molecule has 0 N–H and O–H groups in total. The minimum absolute atomic E-state index is 0.220. The van der Waals surface area contributed by atoms with E-state index in [-0.39, 0.29) is 5.69 Å². The fraction of sp³-hybridized carbons (Fsp3) is 0.111. The van der Waals surface area contributed by atoms with Gasteiger partial charge in [0.05, 0.1) is 19.3 Å². The van der Waals surface area contributed by atoms with Crippen LogP contribution in [0.2, 0.25) is 15.1 Å². The molecule has 0 unspecified atom stereocenters. The zero-order valence-electron chi connectivity index (χ0n) is 13.2. The summed E-state index contributed by atoms with van der Waals surface area (Å²) in [6.07, 6.45) is 0. The average Bonchev–Trinajstić information content (AvgIpc) is 3.01. The maximum Gasteiger partial charge on any atom is 0.358 e. The third-order valence-electron chi connectivity index (χ3n) is 3.65. The molecule has 0 radical (unpaired) electrons. The standard InChI is InChI=1S/C18H13Cl3N2O2/c1-25-18(24)16-9-17(11-2-5-13(19)6-3-11)23(22-16)10-12-4-7-14(20)8-15(12)21/h2-9H,10H2,1H3. The number of carbonyl (C=O) groups is 1. The van der Waals surface area contributed by atoms with E-state index >= 15 is 0 Å². The van der Waals surface area contributed by atoms with Crippen molar-refractivity contribution in [1.29, 1.82) is 0 Å². The van der Waals surface area contributed by atoms with E-state index in [1.807, 2.05) is 18.2 Å². The number of hydrogen-bond donors (Lipinski definition) is 0. The monoisotopic (exact) mass is 394 g/mol. The summed E-state index contributed by atoms with van der Waals surface area (Å²) in [6, 6.07) is 14.2. The van der Waals surface area contributed by atoms with Crippen LogP contribution in [0.1, 0.15) is 16.1 Å². The molecule has 7 heteroatoms. The van der Waals surface area contributed by atoms with Crippen LogP contribution in [0.25, 0.3) is 11.3 Å². The minimum Gasteiger partial charge on any atom is -0.464 e. The molecule has 0 atom stereocenters. The third kappa shape index (κ3) is 3.98. The van der Waals surface area contributed by atoms with Crippen LogP contribution < -0.4 is 0 Å². The molecule has 2 aromatic carbocycles. The van der Waals surface area contributed by atoms with Crippen molar-refractivity contribution < 1.29 is 9.53 Å². The molecule has 0 bridgehead atoms. The molecule has 3 aromatic rings. The van der Waals surface area contributed by atoms with Crippen LogP contribution in [0, 0.1) is 0 Å². The fourth-order valence-corrected chi connectivity index (χ4v) is 3.00. The van der Waals surface area contributed by atoms with E-state index in [4.69, 9.17) is 39.5 Å². The van der Waals surface area contributed by atoms with Gasteiger partial charge in [0.1, 0.15) is 0 Å². The number of nitrogens with zero attached hydrogens (tertiary/aromatic N) is 2. The summed E-state index contributed by atoms with van der Waals surface area (Å²) >= 11 is 18.2. The summed E-state index contributed by atoms with van der Waals surface area (Å²) in [6.45, 7) is 0.380. The summed E-state index contributed by atoms with van der Waals surface area (Å²) in [5.74, 6) is -0.504. The van der Waals surface area contributed by atoms with Crippen LogP contribution in [0.15, 0.2) is 48.5 Å². The van der Waals surface area contributed by atoms with E-state index in [2.05, 4.69) is 5.10 Å². The molecule has 0 aliphatic heterocycles. The highest BCUT2D eigenvalue weighted by Gasteiger charge is 2.17. The maximum absolute atomic E-state index is 11.9. The molecule has 0 saturated heterocycles. The summed E-state index contributed by atoms with van der Waals surface area (Å²) in [7, 11) is 1.32. The zero-order chi connectivity index (χ0) is 18.0. The van der Waals surface area contributed by atoms with Gasteiger partial charge in [-0.25, -0.2) is 4.79 Å². The van der Waals surface area contributed by atoms with E-state index in [1.54, 1.807) is 35.0 Å². The van der Waals surface area contributed by atoms with Gasteiger partial charge in [0, 0.05) is 15.1 Å². The van der Waals surface area contributed by atoms with Crippen LogP contribution in [0.3, 0.4) is 0 Å². The SMILES string of the molecule is COC(=O)c1cc(-c2ccc(Cl)cc2)n(Cc2ccc(Cl)cc2Cl)n1. The second kappa shape index (κ2) is 7.48. The van der Waals surface area contributed by atoms with Crippen LogP contribution in [-0.2, 0) is 11.3 Å². The van der Waals surface area contributed by atoms with Crippen LogP contribution in [0.4, 0.5) is 0 Å². The van der Waals surface area contributed by atoms with Crippen LogP contribution >= 0.6 is 34.8 Å². The van der Waals surface area contributed by atoms with Gasteiger partial charge in [0.15, 0.2) is 5.69 Å². The Morgan fingerprint density at radius 3 is 2.36 bits per heavy atom. The summed E-state index contributed by atoms with van der Waals surface area (Å²) in [5, 5.41) is 6.07. The zero-order valence-corrected chi connectivity index (χ0v) is 15.4. The average molecular weight is 396 g/mol. The number of carbonyl (C=O) groups excluding carboxylic acids is 1. The van der Waals surface area contributed by atoms with E-state index in [9.17, 15) is 4.79 Å². The van der Waals surface area contributed by atoms with Crippen molar-refractivity contribution in [2.45, 2.75) is 6.54 Å². The van der Waals surface area contributed by atoms with Gasteiger partial charge in [-0.05, 0) is 41.5 Å². The van der Waals surface area contributed by atoms with Gasteiger partial charge >= 0.3 is 5.97 Å². The van der Waals surface area contributed by atoms with E-state index < -0.39 is 5.97 Å². The number of halogens is 3. The van der Waals surface area contributed by atoms with Crippen LogP contribution in [0.5, 0.6) is 0 Å². The normalized spacial score (nSPS) is 10.7. The Labute approximate surface area is 159 Å². The predicted octanol–water partition coefficient (Wildman–Crippen LogP) is 5.35. The van der Waals surface area contributed by atoms with E-state index in [0.29, 0.717) is 21.6 Å². The maximum atomic E-state index is 11.9.